The third-order valence-electron chi connectivity index (χ3n) is 5.07. The Bertz CT molecular complexity index is 1350. The van der Waals surface area contributed by atoms with Gasteiger partial charge in [0, 0.05) is 23.3 Å². The van der Waals surface area contributed by atoms with Crippen LogP contribution in [0.1, 0.15) is 28.4 Å². The van der Waals surface area contributed by atoms with E-state index in [4.69, 9.17) is 4.74 Å². The number of carbonyl (C=O) groups is 2. The first-order valence-corrected chi connectivity index (χ1v) is 10.3. The van der Waals surface area contributed by atoms with Crippen LogP contribution in [0.3, 0.4) is 0 Å². The minimum Gasteiger partial charge on any atom is -0.493 e. The van der Waals surface area contributed by atoms with E-state index in [2.05, 4.69) is 5.10 Å². The number of nitro groups is 1. The zero-order valence-electron chi connectivity index (χ0n) is 18.0. The summed E-state index contributed by atoms with van der Waals surface area (Å²) in [4.78, 5) is 35.7. The lowest BCUT2D eigenvalue weighted by molar-refractivity contribution is -0.384. The number of ether oxygens (including phenoxy) is 1. The fourth-order valence-electron chi connectivity index (χ4n) is 3.50. The van der Waals surface area contributed by atoms with Gasteiger partial charge in [-0.05, 0) is 37.3 Å². The fourth-order valence-corrected chi connectivity index (χ4v) is 3.50. The maximum Gasteiger partial charge on any atom is 0.335 e. The lowest BCUT2D eigenvalue weighted by Gasteiger charge is -2.12. The van der Waals surface area contributed by atoms with Crippen molar-refractivity contribution in [2.24, 2.45) is 5.10 Å². The van der Waals surface area contributed by atoms with E-state index in [-0.39, 0.29) is 22.5 Å². The summed E-state index contributed by atoms with van der Waals surface area (Å²) in [6.45, 7) is 2.11. The number of hydrogen-bond donors (Lipinski definition) is 1. The van der Waals surface area contributed by atoms with E-state index in [1.807, 2.05) is 6.07 Å². The van der Waals surface area contributed by atoms with E-state index in [9.17, 15) is 24.8 Å². The smallest absolute Gasteiger partial charge is 0.335 e. The molecule has 170 valence electrons. The number of aromatic carboxylic acids is 1. The number of hydrogen-bond acceptors (Lipinski definition) is 6. The molecule has 0 fully saturated rings. The summed E-state index contributed by atoms with van der Waals surface area (Å²) in [6, 6.07) is 19.0. The Hall–Kier alpha value is -4.79. The summed E-state index contributed by atoms with van der Waals surface area (Å²) in [5.74, 6) is -1.25. The second kappa shape index (κ2) is 9.37. The lowest BCUT2D eigenvalue weighted by atomic mass is 9.99. The van der Waals surface area contributed by atoms with Gasteiger partial charge in [-0.1, -0.05) is 36.4 Å². The molecule has 0 saturated heterocycles. The van der Waals surface area contributed by atoms with Crippen LogP contribution >= 0.6 is 0 Å². The van der Waals surface area contributed by atoms with Gasteiger partial charge in [0.15, 0.2) is 0 Å². The first-order chi connectivity index (χ1) is 16.4. The molecule has 0 aromatic heterocycles. The molecule has 0 spiro atoms. The molecule has 3 aromatic rings. The highest BCUT2D eigenvalue weighted by molar-refractivity contribution is 6.37. The normalized spacial score (nSPS) is 14.3. The second-order valence-electron chi connectivity index (χ2n) is 7.26. The highest BCUT2D eigenvalue weighted by Gasteiger charge is 2.32. The van der Waals surface area contributed by atoms with Crippen LogP contribution in [-0.4, -0.2) is 34.2 Å². The zero-order chi connectivity index (χ0) is 24.2. The molecule has 0 radical (unpaired) electrons. The van der Waals surface area contributed by atoms with Gasteiger partial charge in [-0.3, -0.25) is 14.9 Å². The van der Waals surface area contributed by atoms with Crippen molar-refractivity contribution in [2.75, 3.05) is 11.6 Å². The van der Waals surface area contributed by atoms with Crippen molar-refractivity contribution >= 4 is 35.0 Å². The number of benzene rings is 3. The van der Waals surface area contributed by atoms with E-state index < -0.39 is 16.8 Å². The van der Waals surface area contributed by atoms with E-state index in [0.717, 1.165) is 5.01 Å². The highest BCUT2D eigenvalue weighted by atomic mass is 16.6. The van der Waals surface area contributed by atoms with Gasteiger partial charge in [-0.25, -0.2) is 4.79 Å². The summed E-state index contributed by atoms with van der Waals surface area (Å²) in [5, 5.41) is 26.3. The van der Waals surface area contributed by atoms with Crippen molar-refractivity contribution in [2.45, 2.75) is 6.92 Å². The van der Waals surface area contributed by atoms with Crippen LogP contribution in [0.5, 0.6) is 5.75 Å². The molecule has 9 nitrogen and oxygen atoms in total. The number of anilines is 1. The third kappa shape index (κ3) is 4.40. The average molecular weight is 457 g/mol. The molecule has 1 amide bonds. The topological polar surface area (TPSA) is 122 Å². The van der Waals surface area contributed by atoms with Gasteiger partial charge in [0.25, 0.3) is 11.6 Å². The Labute approximate surface area is 194 Å². The summed E-state index contributed by atoms with van der Waals surface area (Å²) < 4.78 is 5.61. The third-order valence-corrected chi connectivity index (χ3v) is 5.07. The predicted octanol–water partition coefficient (Wildman–Crippen LogP) is 4.53. The first-order valence-electron chi connectivity index (χ1n) is 10.3. The molecule has 9 heteroatoms. The first kappa shape index (κ1) is 22.4. The molecule has 3 aromatic carbocycles. The average Bonchev–Trinajstić information content (AvgIpc) is 3.16. The molecule has 4 rings (SSSR count). The van der Waals surface area contributed by atoms with Crippen LogP contribution in [0.4, 0.5) is 11.4 Å². The number of hydrazone groups is 1. The minimum atomic E-state index is -1.13. The number of nitrogens with zero attached hydrogens (tertiary/aromatic N) is 3. The number of rotatable bonds is 7. The van der Waals surface area contributed by atoms with Crippen molar-refractivity contribution in [3.8, 4) is 5.75 Å². The minimum absolute atomic E-state index is 0.0107. The van der Waals surface area contributed by atoms with Crippen molar-refractivity contribution in [1.29, 1.82) is 0 Å². The van der Waals surface area contributed by atoms with Crippen LogP contribution in [-0.2, 0) is 4.79 Å². The molecule has 1 N–H and O–H groups in total. The quantitative estimate of drug-likeness (QED) is 0.316. The highest BCUT2D eigenvalue weighted by Crippen LogP contribution is 2.32. The van der Waals surface area contributed by atoms with Gasteiger partial charge < -0.3 is 9.84 Å². The Balaban J connectivity index is 1.87. The molecular weight excluding hydrogens is 438 g/mol. The van der Waals surface area contributed by atoms with Crippen LogP contribution in [0, 0.1) is 10.1 Å². The molecule has 34 heavy (non-hydrogen) atoms. The molecule has 1 aliphatic rings. The molecule has 1 aliphatic heterocycles. The fraction of sp³-hybridized carbons (Fsp3) is 0.0800. The maximum atomic E-state index is 13.5. The monoisotopic (exact) mass is 457 g/mol. The van der Waals surface area contributed by atoms with Gasteiger partial charge in [-0.2, -0.15) is 10.1 Å². The van der Waals surface area contributed by atoms with Gasteiger partial charge in [0.2, 0.25) is 0 Å². The number of nitro benzene ring substituents is 1. The number of amides is 1. The molecule has 1 heterocycles. The maximum absolute atomic E-state index is 13.5. The number of carboxylic acids is 1. The van der Waals surface area contributed by atoms with E-state index >= 15 is 0 Å². The standard InChI is InChI=1S/C25H19N3O6/c1-2-34-22-12-11-20(28(32)33)14-18(22)15-21-23(16-7-4-3-5-8-16)26-27(24(21)29)19-10-6-9-17(13-19)25(30)31/h3-15H,2H2,1H3,(H,30,31). The molecule has 0 unspecified atom stereocenters. The zero-order valence-corrected chi connectivity index (χ0v) is 18.0. The van der Waals surface area contributed by atoms with Gasteiger partial charge in [0.05, 0.1) is 28.4 Å². The molecule has 0 atom stereocenters. The van der Waals surface area contributed by atoms with E-state index in [1.54, 1.807) is 37.3 Å². The Kier molecular flexibility index (Phi) is 6.18. The van der Waals surface area contributed by atoms with Crippen LogP contribution < -0.4 is 9.75 Å². The van der Waals surface area contributed by atoms with Crippen molar-refractivity contribution in [3.63, 3.8) is 0 Å². The van der Waals surface area contributed by atoms with Gasteiger partial charge in [-0.15, -0.1) is 0 Å². The Morgan fingerprint density at radius 1 is 1.12 bits per heavy atom. The van der Waals surface area contributed by atoms with E-state index in [1.165, 1.54) is 42.5 Å². The van der Waals surface area contributed by atoms with Gasteiger partial charge in [0.1, 0.15) is 11.5 Å². The molecule has 0 saturated carbocycles. The van der Waals surface area contributed by atoms with E-state index in [0.29, 0.717) is 29.2 Å². The number of non-ortho nitro benzene ring substituents is 1. The predicted molar refractivity (Wildman–Crippen MR) is 126 cm³/mol. The molecular formula is C25H19N3O6. The summed E-state index contributed by atoms with van der Waals surface area (Å²) >= 11 is 0. The van der Waals surface area contributed by atoms with Crippen LogP contribution in [0.25, 0.3) is 6.08 Å². The molecule has 0 bridgehead atoms. The van der Waals surface area contributed by atoms with Crippen LogP contribution in [0.2, 0.25) is 0 Å². The molecule has 0 aliphatic carbocycles. The van der Waals surface area contributed by atoms with Crippen molar-refractivity contribution in [3.05, 3.63) is 105 Å². The summed E-state index contributed by atoms with van der Waals surface area (Å²) in [5.41, 5.74) is 1.69. The second-order valence-corrected chi connectivity index (χ2v) is 7.26. The Morgan fingerprint density at radius 3 is 2.56 bits per heavy atom. The van der Waals surface area contributed by atoms with Crippen LogP contribution in [0.15, 0.2) is 83.5 Å². The number of carboxylic acid groups (broad SMARTS) is 1. The summed E-state index contributed by atoms with van der Waals surface area (Å²) in [6.07, 6.45) is 1.51. The summed E-state index contributed by atoms with van der Waals surface area (Å²) in [7, 11) is 0. The van der Waals surface area contributed by atoms with Gasteiger partial charge >= 0.3 is 5.97 Å². The Morgan fingerprint density at radius 2 is 1.88 bits per heavy atom. The van der Waals surface area contributed by atoms with Crippen molar-refractivity contribution < 1.29 is 24.4 Å². The largest absolute Gasteiger partial charge is 0.493 e. The number of carbonyl (C=O) groups excluding carboxylic acids is 1. The lowest BCUT2D eigenvalue weighted by Crippen LogP contribution is -2.21. The van der Waals surface area contributed by atoms with Crippen molar-refractivity contribution in [1.82, 2.24) is 0 Å². The SMILES string of the molecule is CCOc1ccc([N+](=O)[O-])cc1C=C1C(=O)N(c2cccc(C(=O)O)c2)N=C1c1ccccc1.